The second-order valence-corrected chi connectivity index (χ2v) is 7.32. The molecular weight excluding hydrogens is 380 g/mol. The van der Waals surface area contributed by atoms with Crippen molar-refractivity contribution >= 4 is 17.3 Å². The van der Waals surface area contributed by atoms with Crippen LogP contribution >= 0.6 is 0 Å². The number of aryl methyl sites for hydroxylation is 1. The molecule has 2 heterocycles. The van der Waals surface area contributed by atoms with Gasteiger partial charge < -0.3 is 19.5 Å². The van der Waals surface area contributed by atoms with Gasteiger partial charge in [-0.1, -0.05) is 11.2 Å². The maximum atomic E-state index is 12.3. The topological polar surface area (TPSA) is 80.5 Å². The SMILES string of the molecule is CCN1CCc2ccc(NC(=O)CCCc3nc(-c4ccc(OC)cc4)no3)cc21. The van der Waals surface area contributed by atoms with Gasteiger partial charge in [0.15, 0.2) is 0 Å². The molecule has 1 aliphatic heterocycles. The molecule has 1 aromatic heterocycles. The maximum Gasteiger partial charge on any atom is 0.226 e. The molecule has 1 aliphatic rings. The maximum absolute atomic E-state index is 12.3. The summed E-state index contributed by atoms with van der Waals surface area (Å²) in [6.45, 7) is 4.18. The number of fused-ring (bicyclic) bond motifs is 1. The first-order chi connectivity index (χ1) is 14.7. The van der Waals surface area contributed by atoms with Crippen molar-refractivity contribution in [2.45, 2.75) is 32.6 Å². The largest absolute Gasteiger partial charge is 0.497 e. The van der Waals surface area contributed by atoms with Crippen molar-refractivity contribution in [2.75, 3.05) is 30.4 Å². The van der Waals surface area contributed by atoms with E-state index < -0.39 is 0 Å². The molecule has 0 unspecified atom stereocenters. The number of methoxy groups -OCH3 is 1. The molecule has 1 amide bonds. The predicted octanol–water partition coefficient (Wildman–Crippen LogP) is 4.09. The zero-order valence-corrected chi connectivity index (χ0v) is 17.4. The van der Waals surface area contributed by atoms with Gasteiger partial charge in [-0.3, -0.25) is 4.79 Å². The van der Waals surface area contributed by atoms with Crippen LogP contribution in [-0.4, -0.2) is 36.2 Å². The molecule has 4 rings (SSSR count). The number of benzene rings is 2. The van der Waals surface area contributed by atoms with Crippen LogP contribution < -0.4 is 15.0 Å². The Morgan fingerprint density at radius 1 is 1.23 bits per heavy atom. The van der Waals surface area contributed by atoms with E-state index in [1.807, 2.05) is 30.3 Å². The Morgan fingerprint density at radius 3 is 2.83 bits per heavy atom. The summed E-state index contributed by atoms with van der Waals surface area (Å²) in [4.78, 5) is 19.1. The molecule has 7 heteroatoms. The second-order valence-electron chi connectivity index (χ2n) is 7.32. The van der Waals surface area contributed by atoms with Crippen molar-refractivity contribution in [1.29, 1.82) is 0 Å². The number of likely N-dealkylation sites (N-methyl/N-ethyl adjacent to an activating group) is 1. The molecule has 0 bridgehead atoms. The van der Waals surface area contributed by atoms with Crippen LogP contribution in [-0.2, 0) is 17.6 Å². The van der Waals surface area contributed by atoms with Gasteiger partial charge in [-0.15, -0.1) is 0 Å². The van der Waals surface area contributed by atoms with Gasteiger partial charge in [0.2, 0.25) is 17.6 Å². The molecule has 0 saturated heterocycles. The van der Waals surface area contributed by atoms with Gasteiger partial charge >= 0.3 is 0 Å². The van der Waals surface area contributed by atoms with Crippen LogP contribution in [0.15, 0.2) is 47.0 Å². The first-order valence-corrected chi connectivity index (χ1v) is 10.3. The lowest BCUT2D eigenvalue weighted by Gasteiger charge is -2.17. The third-order valence-corrected chi connectivity index (χ3v) is 5.35. The standard InChI is InChI=1S/C23H26N4O3/c1-3-27-14-13-16-7-10-18(15-20(16)27)24-21(28)5-4-6-22-25-23(26-30-22)17-8-11-19(29-2)12-9-17/h7-12,15H,3-6,13-14H2,1-2H3,(H,24,28). The van der Waals surface area contributed by atoms with E-state index in [2.05, 4.69) is 39.4 Å². The van der Waals surface area contributed by atoms with Crippen molar-refractivity contribution in [3.8, 4) is 17.1 Å². The average Bonchev–Trinajstić information content (AvgIpc) is 3.40. The summed E-state index contributed by atoms with van der Waals surface area (Å²) in [5.41, 5.74) is 4.28. The van der Waals surface area contributed by atoms with E-state index in [0.717, 1.165) is 36.5 Å². The third-order valence-electron chi connectivity index (χ3n) is 5.35. The van der Waals surface area contributed by atoms with Gasteiger partial charge in [-0.25, -0.2) is 0 Å². The fraction of sp³-hybridized carbons (Fsp3) is 0.348. The fourth-order valence-corrected chi connectivity index (χ4v) is 3.69. The van der Waals surface area contributed by atoms with Crippen molar-refractivity contribution in [1.82, 2.24) is 10.1 Å². The number of aromatic nitrogens is 2. The molecule has 3 aromatic rings. The van der Waals surface area contributed by atoms with E-state index in [-0.39, 0.29) is 5.91 Å². The number of rotatable bonds is 8. The molecular formula is C23H26N4O3. The third kappa shape index (κ3) is 4.45. The summed E-state index contributed by atoms with van der Waals surface area (Å²) in [5.74, 6) is 1.84. The summed E-state index contributed by atoms with van der Waals surface area (Å²) in [5, 5.41) is 7.02. The highest BCUT2D eigenvalue weighted by Gasteiger charge is 2.18. The fourth-order valence-electron chi connectivity index (χ4n) is 3.69. The molecule has 0 fully saturated rings. The van der Waals surface area contributed by atoms with Crippen LogP contribution in [0.1, 0.15) is 31.2 Å². The van der Waals surface area contributed by atoms with Gasteiger partial charge in [-0.2, -0.15) is 4.98 Å². The molecule has 0 saturated carbocycles. The molecule has 0 atom stereocenters. The summed E-state index contributed by atoms with van der Waals surface area (Å²) in [6, 6.07) is 13.6. The van der Waals surface area contributed by atoms with E-state index >= 15 is 0 Å². The van der Waals surface area contributed by atoms with Crippen LogP contribution in [0.2, 0.25) is 0 Å². The number of hydrogen-bond donors (Lipinski definition) is 1. The van der Waals surface area contributed by atoms with Gasteiger partial charge in [0, 0.05) is 42.9 Å². The van der Waals surface area contributed by atoms with Crippen molar-refractivity contribution in [3.05, 3.63) is 53.9 Å². The van der Waals surface area contributed by atoms with E-state index in [1.165, 1.54) is 11.3 Å². The number of ether oxygens (including phenoxy) is 1. The lowest BCUT2D eigenvalue weighted by atomic mass is 10.1. The van der Waals surface area contributed by atoms with Crippen LogP contribution in [0.3, 0.4) is 0 Å². The number of nitrogens with one attached hydrogen (secondary N) is 1. The Kier molecular flexibility index (Phi) is 5.97. The Labute approximate surface area is 176 Å². The van der Waals surface area contributed by atoms with Gasteiger partial charge in [0.25, 0.3) is 0 Å². The number of carbonyl (C=O) groups excluding carboxylic acids is 1. The van der Waals surface area contributed by atoms with Gasteiger partial charge in [0.05, 0.1) is 7.11 Å². The molecule has 156 valence electrons. The number of hydrogen-bond acceptors (Lipinski definition) is 6. The Balaban J connectivity index is 1.28. The summed E-state index contributed by atoms with van der Waals surface area (Å²) < 4.78 is 10.5. The van der Waals surface area contributed by atoms with Crippen LogP contribution in [0.25, 0.3) is 11.4 Å². The predicted molar refractivity (Wildman–Crippen MR) is 116 cm³/mol. The number of amides is 1. The molecule has 2 aromatic carbocycles. The molecule has 7 nitrogen and oxygen atoms in total. The quantitative estimate of drug-likeness (QED) is 0.607. The zero-order chi connectivity index (χ0) is 20.9. The van der Waals surface area contributed by atoms with E-state index in [9.17, 15) is 4.79 Å². The Bertz CT molecular complexity index is 1010. The lowest BCUT2D eigenvalue weighted by Crippen LogP contribution is -2.19. The molecule has 0 spiro atoms. The van der Waals surface area contributed by atoms with E-state index in [0.29, 0.717) is 31.0 Å². The normalized spacial score (nSPS) is 12.7. The summed E-state index contributed by atoms with van der Waals surface area (Å²) >= 11 is 0. The number of nitrogens with zero attached hydrogens (tertiary/aromatic N) is 3. The van der Waals surface area contributed by atoms with Crippen molar-refractivity contribution in [2.24, 2.45) is 0 Å². The summed E-state index contributed by atoms with van der Waals surface area (Å²) in [6.07, 6.45) is 2.67. The highest BCUT2D eigenvalue weighted by Crippen LogP contribution is 2.30. The van der Waals surface area contributed by atoms with Crippen molar-refractivity contribution in [3.63, 3.8) is 0 Å². The number of carbonyl (C=O) groups is 1. The van der Waals surface area contributed by atoms with Gasteiger partial charge in [0.1, 0.15) is 5.75 Å². The second kappa shape index (κ2) is 8.98. The Morgan fingerprint density at radius 2 is 2.07 bits per heavy atom. The van der Waals surface area contributed by atoms with E-state index in [4.69, 9.17) is 9.26 Å². The Hall–Kier alpha value is -3.35. The highest BCUT2D eigenvalue weighted by atomic mass is 16.5. The van der Waals surface area contributed by atoms with E-state index in [1.54, 1.807) is 7.11 Å². The number of anilines is 2. The average molecular weight is 406 g/mol. The van der Waals surface area contributed by atoms with Crippen LogP contribution in [0.5, 0.6) is 5.75 Å². The van der Waals surface area contributed by atoms with Crippen LogP contribution in [0, 0.1) is 0 Å². The smallest absolute Gasteiger partial charge is 0.226 e. The minimum Gasteiger partial charge on any atom is -0.497 e. The van der Waals surface area contributed by atoms with Crippen LogP contribution in [0.4, 0.5) is 11.4 Å². The lowest BCUT2D eigenvalue weighted by molar-refractivity contribution is -0.116. The molecule has 30 heavy (non-hydrogen) atoms. The summed E-state index contributed by atoms with van der Waals surface area (Å²) in [7, 11) is 1.63. The van der Waals surface area contributed by atoms with Crippen molar-refractivity contribution < 1.29 is 14.1 Å². The first kappa shape index (κ1) is 19.9. The highest BCUT2D eigenvalue weighted by molar-refractivity contribution is 5.91. The molecule has 0 radical (unpaired) electrons. The molecule has 1 N–H and O–H groups in total. The monoisotopic (exact) mass is 406 g/mol. The first-order valence-electron chi connectivity index (χ1n) is 10.3. The zero-order valence-electron chi connectivity index (χ0n) is 17.4. The minimum absolute atomic E-state index is 0.00844. The minimum atomic E-state index is -0.00844. The molecule has 0 aliphatic carbocycles. The van der Waals surface area contributed by atoms with Gasteiger partial charge in [-0.05, 0) is 61.7 Å².